The first-order valence-corrected chi connectivity index (χ1v) is 15.9. The first-order valence-electron chi connectivity index (χ1n) is 12.5. The number of sulfonamides is 1. The molecule has 0 bridgehead atoms. The smallest absolute Gasteiger partial charge is 0.260 e. The Hall–Kier alpha value is -1.98. The molecule has 0 unspecified atom stereocenters. The van der Waals surface area contributed by atoms with E-state index in [9.17, 15) is 13.2 Å². The molecular formula is C26H34N4O3S3. The zero-order valence-electron chi connectivity index (χ0n) is 21.1. The lowest BCUT2D eigenvalue weighted by molar-refractivity contribution is 0.0983. The Labute approximate surface area is 222 Å². The van der Waals surface area contributed by atoms with Crippen molar-refractivity contribution in [2.75, 3.05) is 50.4 Å². The number of piperidine rings is 1. The molecule has 0 aliphatic carbocycles. The van der Waals surface area contributed by atoms with Gasteiger partial charge in [0.25, 0.3) is 5.91 Å². The molecule has 2 heterocycles. The molecule has 0 atom stereocenters. The van der Waals surface area contributed by atoms with E-state index in [-0.39, 0.29) is 10.8 Å². The van der Waals surface area contributed by atoms with Crippen molar-refractivity contribution in [3.8, 4) is 0 Å². The monoisotopic (exact) mass is 546 g/mol. The summed E-state index contributed by atoms with van der Waals surface area (Å²) in [5.41, 5.74) is 1.37. The minimum atomic E-state index is -3.54. The highest BCUT2D eigenvalue weighted by atomic mass is 32.2. The van der Waals surface area contributed by atoms with E-state index in [0.717, 1.165) is 54.0 Å². The Morgan fingerprint density at radius 3 is 2.36 bits per heavy atom. The molecule has 1 aliphatic rings. The van der Waals surface area contributed by atoms with Gasteiger partial charge in [-0.1, -0.05) is 37.7 Å². The van der Waals surface area contributed by atoms with Crippen LogP contribution in [0.25, 0.3) is 10.2 Å². The number of thioether (sulfide) groups is 1. The van der Waals surface area contributed by atoms with Gasteiger partial charge in [-0.3, -0.25) is 9.69 Å². The third kappa shape index (κ3) is 5.78. The molecule has 4 rings (SSSR count). The fourth-order valence-electron chi connectivity index (χ4n) is 4.44. The molecule has 194 valence electrons. The maximum Gasteiger partial charge on any atom is 0.260 e. The lowest BCUT2D eigenvalue weighted by atomic mass is 10.2. The Morgan fingerprint density at radius 1 is 1.03 bits per heavy atom. The summed E-state index contributed by atoms with van der Waals surface area (Å²) in [5, 5.41) is 0.661. The van der Waals surface area contributed by atoms with Crippen molar-refractivity contribution in [3.63, 3.8) is 0 Å². The lowest BCUT2D eigenvalue weighted by Crippen LogP contribution is -2.39. The molecule has 0 saturated carbocycles. The number of thiazole rings is 1. The normalized spacial score (nSPS) is 15.0. The van der Waals surface area contributed by atoms with Crippen LogP contribution in [0.3, 0.4) is 0 Å². The predicted octanol–water partition coefficient (Wildman–Crippen LogP) is 5.18. The highest BCUT2D eigenvalue weighted by molar-refractivity contribution is 7.98. The number of hydrogen-bond acceptors (Lipinski definition) is 7. The molecule has 36 heavy (non-hydrogen) atoms. The molecule has 7 nitrogen and oxygen atoms in total. The van der Waals surface area contributed by atoms with Crippen molar-refractivity contribution >= 4 is 54.4 Å². The molecule has 0 spiro atoms. The molecular weight excluding hydrogens is 513 g/mol. The number of para-hydroxylation sites is 1. The fraction of sp³-hybridized carbons (Fsp3) is 0.462. The van der Waals surface area contributed by atoms with Crippen molar-refractivity contribution in [2.45, 2.75) is 42.9 Å². The average molecular weight is 547 g/mol. The zero-order chi connectivity index (χ0) is 25.7. The van der Waals surface area contributed by atoms with Crippen LogP contribution in [0, 0.1) is 0 Å². The number of aromatic nitrogens is 1. The van der Waals surface area contributed by atoms with Gasteiger partial charge in [0.15, 0.2) is 5.13 Å². The average Bonchev–Trinajstić information content (AvgIpc) is 3.35. The minimum Gasteiger partial charge on any atom is -0.302 e. The van der Waals surface area contributed by atoms with Gasteiger partial charge in [0.1, 0.15) is 0 Å². The van der Waals surface area contributed by atoms with Gasteiger partial charge < -0.3 is 4.90 Å². The summed E-state index contributed by atoms with van der Waals surface area (Å²) >= 11 is 3.15. The zero-order valence-corrected chi connectivity index (χ0v) is 23.6. The molecule has 3 aromatic rings. The number of fused-ring (bicyclic) bond motifs is 1. The van der Waals surface area contributed by atoms with Gasteiger partial charge in [-0.05, 0) is 68.6 Å². The number of anilines is 1. The largest absolute Gasteiger partial charge is 0.302 e. The Bertz CT molecular complexity index is 1280. The molecule has 1 fully saturated rings. The van der Waals surface area contributed by atoms with Crippen LogP contribution in [0.5, 0.6) is 0 Å². The van der Waals surface area contributed by atoms with Gasteiger partial charge in [0, 0.05) is 36.6 Å². The van der Waals surface area contributed by atoms with E-state index in [4.69, 9.17) is 4.98 Å². The number of amides is 1. The summed E-state index contributed by atoms with van der Waals surface area (Å²) in [6.07, 6.45) is 4.86. The second kappa shape index (κ2) is 12.0. The van der Waals surface area contributed by atoms with Crippen LogP contribution < -0.4 is 4.90 Å². The van der Waals surface area contributed by atoms with Gasteiger partial charge in [0.05, 0.1) is 15.1 Å². The maximum atomic E-state index is 13.7. The van der Waals surface area contributed by atoms with Crippen LogP contribution in [0.4, 0.5) is 5.13 Å². The molecule has 1 saturated heterocycles. The highest BCUT2D eigenvalue weighted by Gasteiger charge is 2.27. The van der Waals surface area contributed by atoms with Crippen LogP contribution in [-0.2, 0) is 10.0 Å². The molecule has 1 aliphatic heterocycles. The van der Waals surface area contributed by atoms with Gasteiger partial charge in [0.2, 0.25) is 10.0 Å². The quantitative estimate of drug-likeness (QED) is 0.326. The van der Waals surface area contributed by atoms with Gasteiger partial charge in [-0.15, -0.1) is 11.8 Å². The van der Waals surface area contributed by atoms with E-state index in [1.54, 1.807) is 45.2 Å². The number of rotatable bonds is 10. The standard InChI is InChI=1S/C26H34N4O3S3/c1-4-28(5-2)18-19-30(26-27-24-22(34-3)10-9-11-23(24)35-26)25(31)20-12-14-21(15-13-20)36(32,33)29-16-7-6-8-17-29/h9-15H,4-8,16-19H2,1-3H3. The number of likely N-dealkylation sites (N-methyl/N-ethyl adjacent to an activating group) is 1. The van der Waals surface area contributed by atoms with E-state index in [1.165, 1.54) is 11.3 Å². The van der Waals surface area contributed by atoms with Crippen LogP contribution in [0.2, 0.25) is 0 Å². The maximum absolute atomic E-state index is 13.7. The minimum absolute atomic E-state index is 0.172. The second-order valence-corrected chi connectivity index (χ2v) is 12.6. The summed E-state index contributed by atoms with van der Waals surface area (Å²) in [5.74, 6) is -0.172. The number of benzene rings is 2. The second-order valence-electron chi connectivity index (χ2n) is 8.78. The fourth-order valence-corrected chi connectivity index (χ4v) is 7.60. The van der Waals surface area contributed by atoms with Gasteiger partial charge in [-0.25, -0.2) is 13.4 Å². The van der Waals surface area contributed by atoms with Gasteiger partial charge >= 0.3 is 0 Å². The number of carbonyl (C=O) groups is 1. The molecule has 2 aromatic carbocycles. The molecule has 0 radical (unpaired) electrons. The van der Waals surface area contributed by atoms with Crippen LogP contribution >= 0.6 is 23.1 Å². The van der Waals surface area contributed by atoms with E-state index in [2.05, 4.69) is 18.7 Å². The number of carbonyl (C=O) groups excluding carboxylic acids is 1. The summed E-state index contributed by atoms with van der Waals surface area (Å²) in [6.45, 7) is 8.36. The first kappa shape index (κ1) is 27.1. The van der Waals surface area contributed by atoms with E-state index in [0.29, 0.717) is 30.3 Å². The molecule has 1 aromatic heterocycles. The van der Waals surface area contributed by atoms with Crippen molar-refractivity contribution < 1.29 is 13.2 Å². The Morgan fingerprint density at radius 2 is 1.72 bits per heavy atom. The molecule has 0 N–H and O–H groups in total. The van der Waals surface area contributed by atoms with E-state index < -0.39 is 10.0 Å². The van der Waals surface area contributed by atoms with Crippen LogP contribution in [0.15, 0.2) is 52.3 Å². The van der Waals surface area contributed by atoms with Crippen molar-refractivity contribution in [3.05, 3.63) is 48.0 Å². The van der Waals surface area contributed by atoms with E-state index in [1.807, 2.05) is 24.5 Å². The summed E-state index contributed by atoms with van der Waals surface area (Å²) < 4.78 is 28.7. The van der Waals surface area contributed by atoms with Gasteiger partial charge in [-0.2, -0.15) is 4.31 Å². The SMILES string of the molecule is CCN(CC)CCN(C(=O)c1ccc(S(=O)(=O)N2CCCCC2)cc1)c1nc2c(SC)cccc2s1. The Kier molecular flexibility index (Phi) is 9.05. The summed E-state index contributed by atoms with van der Waals surface area (Å²) in [6, 6.07) is 12.5. The van der Waals surface area contributed by atoms with Crippen molar-refractivity contribution in [1.82, 2.24) is 14.2 Å². The molecule has 1 amide bonds. The predicted molar refractivity (Wildman–Crippen MR) is 150 cm³/mol. The van der Waals surface area contributed by atoms with Crippen LogP contribution in [0.1, 0.15) is 43.5 Å². The third-order valence-corrected chi connectivity index (χ3v) is 10.4. The topological polar surface area (TPSA) is 73.8 Å². The summed E-state index contributed by atoms with van der Waals surface area (Å²) in [4.78, 5) is 23.9. The molecule has 10 heteroatoms. The first-order chi connectivity index (χ1) is 17.4. The van der Waals surface area contributed by atoms with E-state index >= 15 is 0 Å². The number of hydrogen-bond donors (Lipinski definition) is 0. The van der Waals surface area contributed by atoms with Crippen molar-refractivity contribution in [2.24, 2.45) is 0 Å². The third-order valence-electron chi connectivity index (χ3n) is 6.65. The summed E-state index contributed by atoms with van der Waals surface area (Å²) in [7, 11) is -3.54. The Balaban J connectivity index is 1.63. The number of nitrogens with zero attached hydrogens (tertiary/aromatic N) is 4. The lowest BCUT2D eigenvalue weighted by Gasteiger charge is -2.26. The van der Waals surface area contributed by atoms with Crippen molar-refractivity contribution in [1.29, 1.82) is 0 Å². The van der Waals surface area contributed by atoms with Crippen LogP contribution in [-0.4, -0.2) is 74.0 Å². The highest BCUT2D eigenvalue weighted by Crippen LogP contribution is 2.34.